The lowest BCUT2D eigenvalue weighted by molar-refractivity contribution is -0.136. The summed E-state index contributed by atoms with van der Waals surface area (Å²) in [5.74, 6) is -0.628. The van der Waals surface area contributed by atoms with Crippen molar-refractivity contribution in [3.8, 4) is 0 Å². The van der Waals surface area contributed by atoms with Crippen LogP contribution in [0, 0.1) is 11.2 Å². The lowest BCUT2D eigenvalue weighted by atomic mass is 9.86. The van der Waals surface area contributed by atoms with Crippen LogP contribution < -0.4 is 5.32 Å². The van der Waals surface area contributed by atoms with Gasteiger partial charge >= 0.3 is 0 Å². The van der Waals surface area contributed by atoms with Crippen molar-refractivity contribution >= 4 is 11.8 Å². The van der Waals surface area contributed by atoms with E-state index in [0.717, 1.165) is 0 Å². The zero-order chi connectivity index (χ0) is 15.6. The van der Waals surface area contributed by atoms with E-state index >= 15 is 0 Å². The van der Waals surface area contributed by atoms with Gasteiger partial charge < -0.3 is 10.2 Å². The number of carbonyl (C=O) groups is 2. The van der Waals surface area contributed by atoms with E-state index in [0.29, 0.717) is 12.1 Å². The van der Waals surface area contributed by atoms with Gasteiger partial charge in [-0.15, -0.1) is 0 Å². The first kappa shape index (κ1) is 15.5. The number of halogens is 1. The lowest BCUT2D eigenvalue weighted by Gasteiger charge is -2.32. The molecular formula is C16H21FN2O2. The molecule has 114 valence electrons. The maximum atomic E-state index is 13.8. The van der Waals surface area contributed by atoms with Crippen molar-refractivity contribution in [1.82, 2.24) is 10.2 Å². The van der Waals surface area contributed by atoms with Crippen LogP contribution in [-0.4, -0.2) is 29.3 Å². The van der Waals surface area contributed by atoms with Crippen LogP contribution in [0.1, 0.15) is 32.8 Å². The molecule has 21 heavy (non-hydrogen) atoms. The van der Waals surface area contributed by atoms with Gasteiger partial charge in [-0.2, -0.15) is 0 Å². The van der Waals surface area contributed by atoms with Crippen LogP contribution in [0.2, 0.25) is 0 Å². The summed E-state index contributed by atoms with van der Waals surface area (Å²) in [6.07, 6.45) is 0.243. The molecule has 0 aromatic heterocycles. The molecule has 1 saturated heterocycles. The molecule has 1 N–H and O–H groups in total. The summed E-state index contributed by atoms with van der Waals surface area (Å²) in [5.41, 5.74) is 0.0813. The highest BCUT2D eigenvalue weighted by Gasteiger charge is 2.37. The van der Waals surface area contributed by atoms with E-state index in [1.54, 1.807) is 23.1 Å². The highest BCUT2D eigenvalue weighted by Crippen LogP contribution is 2.24. The summed E-state index contributed by atoms with van der Waals surface area (Å²) < 4.78 is 13.8. The van der Waals surface area contributed by atoms with E-state index in [2.05, 4.69) is 5.32 Å². The molecule has 0 spiro atoms. The number of nitrogens with zero attached hydrogens (tertiary/aromatic N) is 1. The Bertz CT molecular complexity index is 551. The second kappa shape index (κ2) is 5.84. The summed E-state index contributed by atoms with van der Waals surface area (Å²) >= 11 is 0. The number of benzene rings is 1. The van der Waals surface area contributed by atoms with Gasteiger partial charge in [-0.1, -0.05) is 39.0 Å². The van der Waals surface area contributed by atoms with E-state index in [1.807, 2.05) is 20.8 Å². The predicted octanol–water partition coefficient (Wildman–Crippen LogP) is 2.09. The Morgan fingerprint density at radius 3 is 2.57 bits per heavy atom. The molecule has 1 aromatic carbocycles. The Morgan fingerprint density at radius 2 is 1.95 bits per heavy atom. The summed E-state index contributed by atoms with van der Waals surface area (Å²) in [7, 11) is 0. The fraction of sp³-hybridized carbons (Fsp3) is 0.500. The molecule has 1 aliphatic rings. The van der Waals surface area contributed by atoms with Gasteiger partial charge in [0, 0.05) is 25.1 Å². The molecule has 0 bridgehead atoms. The Hall–Kier alpha value is -1.91. The number of rotatable bonds is 2. The highest BCUT2D eigenvalue weighted by atomic mass is 19.1. The molecule has 5 heteroatoms. The fourth-order valence-electron chi connectivity index (χ4n) is 2.40. The number of amides is 2. The summed E-state index contributed by atoms with van der Waals surface area (Å²) in [6, 6.07) is 5.81. The molecule has 1 atom stereocenters. The first-order chi connectivity index (χ1) is 9.79. The quantitative estimate of drug-likeness (QED) is 0.907. The van der Waals surface area contributed by atoms with Gasteiger partial charge in [0.2, 0.25) is 11.8 Å². The van der Waals surface area contributed by atoms with Gasteiger partial charge in [0.05, 0.1) is 0 Å². The molecule has 2 amide bonds. The summed E-state index contributed by atoms with van der Waals surface area (Å²) in [5, 5.41) is 2.78. The second-order valence-electron chi connectivity index (χ2n) is 6.47. The molecule has 1 aliphatic heterocycles. The Labute approximate surface area is 124 Å². The van der Waals surface area contributed by atoms with Gasteiger partial charge in [-0.05, 0) is 11.5 Å². The molecule has 2 rings (SSSR count). The zero-order valence-corrected chi connectivity index (χ0v) is 12.6. The van der Waals surface area contributed by atoms with Crippen LogP contribution in [-0.2, 0) is 16.1 Å². The van der Waals surface area contributed by atoms with E-state index in [1.165, 1.54) is 6.07 Å². The minimum Gasteiger partial charge on any atom is -0.344 e. The Kier molecular flexibility index (Phi) is 4.30. The third-order valence-electron chi connectivity index (χ3n) is 3.66. The maximum Gasteiger partial charge on any atom is 0.246 e. The average molecular weight is 292 g/mol. The molecule has 0 aliphatic carbocycles. The average Bonchev–Trinajstić information content (AvgIpc) is 2.53. The second-order valence-corrected chi connectivity index (χ2v) is 6.47. The molecule has 1 aromatic rings. The SMILES string of the molecule is CC(C)(C)C1NC(=O)CCN(Cc2ccccc2F)C1=O. The zero-order valence-electron chi connectivity index (χ0n) is 12.6. The molecule has 0 saturated carbocycles. The highest BCUT2D eigenvalue weighted by molar-refractivity contribution is 5.90. The van der Waals surface area contributed by atoms with Crippen molar-refractivity contribution in [3.63, 3.8) is 0 Å². The van der Waals surface area contributed by atoms with Crippen LogP contribution in [0.3, 0.4) is 0 Å². The van der Waals surface area contributed by atoms with Crippen LogP contribution in [0.5, 0.6) is 0 Å². The first-order valence-electron chi connectivity index (χ1n) is 7.10. The summed E-state index contributed by atoms with van der Waals surface area (Å²) in [4.78, 5) is 26.0. The van der Waals surface area contributed by atoms with Crippen LogP contribution >= 0.6 is 0 Å². The van der Waals surface area contributed by atoms with Gasteiger partial charge in [-0.3, -0.25) is 9.59 Å². The topological polar surface area (TPSA) is 49.4 Å². The third-order valence-corrected chi connectivity index (χ3v) is 3.66. The molecular weight excluding hydrogens is 271 g/mol. The Morgan fingerprint density at radius 1 is 1.29 bits per heavy atom. The van der Waals surface area contributed by atoms with Crippen molar-refractivity contribution in [2.24, 2.45) is 5.41 Å². The predicted molar refractivity (Wildman–Crippen MR) is 77.8 cm³/mol. The summed E-state index contributed by atoms with van der Waals surface area (Å²) in [6.45, 7) is 6.21. The number of nitrogens with one attached hydrogen (secondary N) is 1. The lowest BCUT2D eigenvalue weighted by Crippen LogP contribution is -2.51. The van der Waals surface area contributed by atoms with Crippen molar-refractivity contribution in [1.29, 1.82) is 0 Å². The molecule has 1 fully saturated rings. The van der Waals surface area contributed by atoms with Gasteiger partial charge in [0.15, 0.2) is 0 Å². The van der Waals surface area contributed by atoms with Crippen molar-refractivity contribution in [2.75, 3.05) is 6.54 Å². The van der Waals surface area contributed by atoms with E-state index in [4.69, 9.17) is 0 Å². The van der Waals surface area contributed by atoms with Crippen molar-refractivity contribution < 1.29 is 14.0 Å². The van der Waals surface area contributed by atoms with E-state index in [-0.39, 0.29) is 36.0 Å². The largest absolute Gasteiger partial charge is 0.344 e. The Balaban J connectivity index is 2.24. The fourth-order valence-corrected chi connectivity index (χ4v) is 2.40. The number of hydrogen-bond acceptors (Lipinski definition) is 2. The first-order valence-corrected chi connectivity index (χ1v) is 7.10. The van der Waals surface area contributed by atoms with Crippen LogP contribution in [0.4, 0.5) is 4.39 Å². The third kappa shape index (κ3) is 3.60. The number of hydrogen-bond donors (Lipinski definition) is 1. The van der Waals surface area contributed by atoms with Crippen molar-refractivity contribution in [2.45, 2.75) is 39.8 Å². The normalized spacial score (nSPS) is 20.2. The maximum absolute atomic E-state index is 13.8. The standard InChI is InChI=1S/C16H21FN2O2/c1-16(2,3)14-15(21)19(9-8-13(20)18-14)10-11-6-4-5-7-12(11)17/h4-7,14H,8-10H2,1-3H3,(H,18,20). The van der Waals surface area contributed by atoms with Gasteiger partial charge in [0.25, 0.3) is 0 Å². The molecule has 0 radical (unpaired) electrons. The number of carbonyl (C=O) groups excluding carboxylic acids is 2. The van der Waals surface area contributed by atoms with Crippen LogP contribution in [0.15, 0.2) is 24.3 Å². The molecule has 1 unspecified atom stereocenters. The van der Waals surface area contributed by atoms with Gasteiger partial charge in [-0.25, -0.2) is 4.39 Å². The molecule has 1 heterocycles. The minimum atomic E-state index is -0.584. The van der Waals surface area contributed by atoms with Gasteiger partial charge in [0.1, 0.15) is 11.9 Å². The monoisotopic (exact) mass is 292 g/mol. The van der Waals surface area contributed by atoms with E-state index < -0.39 is 6.04 Å². The van der Waals surface area contributed by atoms with Crippen LogP contribution in [0.25, 0.3) is 0 Å². The minimum absolute atomic E-state index is 0.140. The molecule has 4 nitrogen and oxygen atoms in total. The van der Waals surface area contributed by atoms with Crippen molar-refractivity contribution in [3.05, 3.63) is 35.6 Å². The van der Waals surface area contributed by atoms with E-state index in [9.17, 15) is 14.0 Å². The smallest absolute Gasteiger partial charge is 0.246 e.